The molecule has 1 aliphatic heterocycles. The quantitative estimate of drug-likeness (QED) is 0.219. The molecule has 1 heterocycles. The Balaban J connectivity index is 1.47. The van der Waals surface area contributed by atoms with Crippen molar-refractivity contribution in [2.75, 3.05) is 23.4 Å². The Morgan fingerprint density at radius 3 is 2.26 bits per heavy atom. The molecule has 226 valence electrons. The van der Waals surface area contributed by atoms with E-state index in [9.17, 15) is 29.4 Å². The molecule has 1 saturated heterocycles. The number of benzene rings is 3. The van der Waals surface area contributed by atoms with E-state index in [1.807, 2.05) is 20.8 Å². The molecule has 0 bridgehead atoms. The molecule has 3 aromatic carbocycles. The molecule has 1 unspecified atom stereocenters. The maximum absolute atomic E-state index is 12.9. The summed E-state index contributed by atoms with van der Waals surface area (Å²) >= 11 is 0.956. The minimum atomic E-state index is -1.20. The number of thioether (sulfide) groups is 1. The molecule has 4 rings (SSSR count). The molecule has 0 aromatic heterocycles. The Morgan fingerprint density at radius 2 is 1.65 bits per heavy atom. The van der Waals surface area contributed by atoms with Gasteiger partial charge in [-0.1, -0.05) is 44.7 Å². The number of carbonyl (C=O) groups excluding carboxylic acids is 3. The Morgan fingerprint density at radius 1 is 1.00 bits per heavy atom. The number of aryl methyl sites for hydroxylation is 1. The second-order valence-corrected chi connectivity index (χ2v) is 12.4. The molecule has 4 N–H and O–H groups in total. The molecular weight excluding hydrogens is 574 g/mol. The predicted molar refractivity (Wildman–Crippen MR) is 163 cm³/mol. The van der Waals surface area contributed by atoms with Crippen molar-refractivity contribution in [2.24, 2.45) is 5.41 Å². The Bertz CT molecular complexity index is 1530. The summed E-state index contributed by atoms with van der Waals surface area (Å²) in [6.45, 7) is 7.25. The smallest absolute Gasteiger partial charge is 0.411 e. The van der Waals surface area contributed by atoms with Gasteiger partial charge in [-0.3, -0.25) is 24.6 Å². The Kier molecular flexibility index (Phi) is 9.50. The van der Waals surface area contributed by atoms with Gasteiger partial charge in [-0.05, 0) is 72.4 Å². The van der Waals surface area contributed by atoms with Gasteiger partial charge >= 0.3 is 6.09 Å². The van der Waals surface area contributed by atoms with E-state index < -0.39 is 22.7 Å². The van der Waals surface area contributed by atoms with Crippen LogP contribution in [0.5, 0.6) is 23.0 Å². The van der Waals surface area contributed by atoms with E-state index in [2.05, 4.69) is 10.6 Å². The van der Waals surface area contributed by atoms with Gasteiger partial charge in [-0.2, -0.15) is 0 Å². The fraction of sp³-hybridized carbons (Fsp3) is 0.290. The number of phenolic OH excluding ortho intramolecular Hbond substituents is 1. The Hall–Kier alpha value is -4.71. The summed E-state index contributed by atoms with van der Waals surface area (Å²) in [5.74, 6) is 0.520. The first-order valence-electron chi connectivity index (χ1n) is 13.4. The average Bonchev–Trinajstić information content (AvgIpc) is 3.25. The number of phenols is 1. The minimum Gasteiger partial charge on any atom is -0.508 e. The van der Waals surface area contributed by atoms with Crippen LogP contribution in [0.1, 0.15) is 31.9 Å². The minimum absolute atomic E-state index is 0.126. The van der Waals surface area contributed by atoms with Crippen LogP contribution in [0.3, 0.4) is 0 Å². The number of nitrogens with zero attached hydrogens (tertiary/aromatic N) is 1. The lowest BCUT2D eigenvalue weighted by Crippen LogP contribution is -2.37. The highest BCUT2D eigenvalue weighted by atomic mass is 32.2. The number of aromatic hydroxyl groups is 1. The van der Waals surface area contributed by atoms with E-state index in [4.69, 9.17) is 9.47 Å². The van der Waals surface area contributed by atoms with Gasteiger partial charge in [-0.25, -0.2) is 4.79 Å². The van der Waals surface area contributed by atoms with E-state index in [1.165, 1.54) is 12.1 Å². The molecule has 1 fully saturated rings. The normalized spacial score (nSPS) is 14.7. The molecular formula is C31H33N3O8S. The van der Waals surface area contributed by atoms with Crippen LogP contribution in [0.4, 0.5) is 21.0 Å². The van der Waals surface area contributed by atoms with Gasteiger partial charge in [0.25, 0.3) is 11.1 Å². The van der Waals surface area contributed by atoms with E-state index in [0.717, 1.165) is 22.2 Å². The third kappa shape index (κ3) is 8.65. The molecule has 0 spiro atoms. The van der Waals surface area contributed by atoms with Gasteiger partial charge in [0.15, 0.2) is 6.61 Å². The average molecular weight is 608 g/mol. The highest BCUT2D eigenvalue weighted by molar-refractivity contribution is 8.15. The first kappa shape index (κ1) is 31.2. The molecule has 4 amide bonds. The second kappa shape index (κ2) is 13.1. The summed E-state index contributed by atoms with van der Waals surface area (Å²) in [4.78, 5) is 49.6. The maximum atomic E-state index is 12.9. The van der Waals surface area contributed by atoms with Crippen molar-refractivity contribution < 1.29 is 38.9 Å². The molecule has 0 radical (unpaired) electrons. The van der Waals surface area contributed by atoms with Crippen LogP contribution >= 0.6 is 11.8 Å². The van der Waals surface area contributed by atoms with Crippen LogP contribution in [0.25, 0.3) is 0 Å². The SMILES string of the molecule is Cc1cc(Oc2ccc(NC(=O)COc3ccc(CC4SC(=O)NC4=O)cc3)c(N(CC(C)(C)C)C(=O)O)c2)ccc1O. The summed E-state index contributed by atoms with van der Waals surface area (Å²) in [5.41, 5.74) is 1.54. The third-order valence-corrected chi connectivity index (χ3v) is 7.26. The predicted octanol–water partition coefficient (Wildman–Crippen LogP) is 5.94. The van der Waals surface area contributed by atoms with E-state index >= 15 is 0 Å². The van der Waals surface area contributed by atoms with Gasteiger partial charge < -0.3 is 25.0 Å². The standard InChI is InChI=1S/C31H33N3O8S/c1-18-13-21(10-12-25(18)35)42-22-9-11-23(24(15-22)34(30(39)40)17-31(2,3)4)32-27(36)16-41-20-7-5-19(6-8-20)14-26-28(37)33-29(38)43-26/h5-13,15,26,35H,14,16-17H2,1-4H3,(H,32,36)(H,39,40)(H,33,37,38). The number of imide groups is 1. The number of rotatable bonds is 10. The number of carboxylic acid groups (broad SMARTS) is 1. The Labute approximate surface area is 253 Å². The van der Waals surface area contributed by atoms with E-state index in [0.29, 0.717) is 29.2 Å². The lowest BCUT2D eigenvalue weighted by Gasteiger charge is -2.29. The number of ether oxygens (including phenoxy) is 2. The highest BCUT2D eigenvalue weighted by Crippen LogP contribution is 2.35. The largest absolute Gasteiger partial charge is 0.508 e. The van der Waals surface area contributed by atoms with Crippen molar-refractivity contribution in [1.29, 1.82) is 0 Å². The van der Waals surface area contributed by atoms with Crippen molar-refractivity contribution in [3.8, 4) is 23.0 Å². The number of amides is 4. The molecule has 1 atom stereocenters. The van der Waals surface area contributed by atoms with Gasteiger partial charge in [0, 0.05) is 12.6 Å². The van der Waals surface area contributed by atoms with Gasteiger partial charge in [-0.15, -0.1) is 0 Å². The topological polar surface area (TPSA) is 154 Å². The number of anilines is 2. The lowest BCUT2D eigenvalue weighted by molar-refractivity contribution is -0.119. The highest BCUT2D eigenvalue weighted by Gasteiger charge is 2.31. The van der Waals surface area contributed by atoms with Crippen LogP contribution in [0.2, 0.25) is 0 Å². The van der Waals surface area contributed by atoms with Crippen LogP contribution in [0.15, 0.2) is 60.7 Å². The zero-order valence-corrected chi connectivity index (χ0v) is 25.0. The van der Waals surface area contributed by atoms with Crippen molar-refractivity contribution >= 4 is 46.3 Å². The molecule has 0 saturated carbocycles. The molecule has 12 heteroatoms. The molecule has 43 heavy (non-hydrogen) atoms. The summed E-state index contributed by atoms with van der Waals surface area (Å²) in [6.07, 6.45) is -0.816. The van der Waals surface area contributed by atoms with Crippen molar-refractivity contribution in [3.63, 3.8) is 0 Å². The van der Waals surface area contributed by atoms with Gasteiger partial charge in [0.2, 0.25) is 5.91 Å². The fourth-order valence-corrected chi connectivity index (χ4v) is 5.12. The summed E-state index contributed by atoms with van der Waals surface area (Å²) in [7, 11) is 0. The van der Waals surface area contributed by atoms with Crippen molar-refractivity contribution in [2.45, 2.75) is 39.4 Å². The number of nitrogens with one attached hydrogen (secondary N) is 2. The first-order chi connectivity index (χ1) is 20.3. The van der Waals surface area contributed by atoms with Gasteiger partial charge in [0.05, 0.1) is 16.6 Å². The fourth-order valence-electron chi connectivity index (χ4n) is 4.26. The first-order valence-corrected chi connectivity index (χ1v) is 14.3. The van der Waals surface area contributed by atoms with Crippen LogP contribution in [-0.4, -0.2) is 51.8 Å². The van der Waals surface area contributed by atoms with Crippen LogP contribution in [0, 0.1) is 12.3 Å². The van der Waals surface area contributed by atoms with Gasteiger partial charge in [0.1, 0.15) is 23.0 Å². The second-order valence-electron chi connectivity index (χ2n) is 11.2. The number of hydrogen-bond acceptors (Lipinski definition) is 8. The van der Waals surface area contributed by atoms with Crippen LogP contribution < -0.4 is 25.0 Å². The summed E-state index contributed by atoms with van der Waals surface area (Å²) < 4.78 is 11.6. The van der Waals surface area contributed by atoms with Crippen LogP contribution in [-0.2, 0) is 16.0 Å². The number of hydrogen-bond donors (Lipinski definition) is 4. The van der Waals surface area contributed by atoms with E-state index in [-0.39, 0.29) is 41.4 Å². The third-order valence-electron chi connectivity index (χ3n) is 6.28. The maximum Gasteiger partial charge on any atom is 0.411 e. The van der Waals surface area contributed by atoms with Crippen molar-refractivity contribution in [1.82, 2.24) is 5.32 Å². The van der Waals surface area contributed by atoms with E-state index in [1.54, 1.807) is 55.5 Å². The summed E-state index contributed by atoms with van der Waals surface area (Å²) in [6, 6.07) is 16.3. The molecule has 0 aliphatic carbocycles. The molecule has 11 nitrogen and oxygen atoms in total. The molecule has 1 aliphatic rings. The van der Waals surface area contributed by atoms with Crippen molar-refractivity contribution in [3.05, 3.63) is 71.8 Å². The zero-order valence-electron chi connectivity index (χ0n) is 24.2. The molecule has 3 aromatic rings. The lowest BCUT2D eigenvalue weighted by atomic mass is 9.96. The number of carbonyl (C=O) groups is 4. The zero-order chi connectivity index (χ0) is 31.3. The monoisotopic (exact) mass is 607 g/mol. The summed E-state index contributed by atoms with van der Waals surface area (Å²) in [5, 5.41) is 24.0.